The standard InChI is InChI=1S/C14H7BBr4O3/c1-21-14-12(19)8(15)4-10(18)13(14)22-11-3-6(16)2-9(17)7(11)5-20/h2-5H,1H3. The molecule has 0 aliphatic rings. The Kier molecular flexibility index (Phi) is 6.16. The smallest absolute Gasteiger partial charge is 0.184 e. The van der Waals surface area contributed by atoms with Crippen molar-refractivity contribution < 1.29 is 14.3 Å². The minimum atomic E-state index is 0.381. The van der Waals surface area contributed by atoms with Crippen LogP contribution in [0.1, 0.15) is 10.4 Å². The predicted molar refractivity (Wildman–Crippen MR) is 101 cm³/mol. The van der Waals surface area contributed by atoms with Gasteiger partial charge in [0.25, 0.3) is 0 Å². The van der Waals surface area contributed by atoms with Crippen molar-refractivity contribution in [3.05, 3.63) is 41.7 Å². The molecule has 0 fully saturated rings. The van der Waals surface area contributed by atoms with Gasteiger partial charge < -0.3 is 9.47 Å². The Morgan fingerprint density at radius 1 is 1.05 bits per heavy atom. The summed E-state index contributed by atoms with van der Waals surface area (Å²) >= 11 is 13.5. The van der Waals surface area contributed by atoms with Gasteiger partial charge in [-0.15, -0.1) is 0 Å². The zero-order chi connectivity index (χ0) is 16.4. The molecule has 0 heterocycles. The van der Waals surface area contributed by atoms with Gasteiger partial charge in [0.1, 0.15) is 13.6 Å². The number of halogens is 4. The van der Waals surface area contributed by atoms with Crippen LogP contribution in [-0.4, -0.2) is 21.2 Å². The molecular weight excluding hydrogens is 547 g/mol. The third kappa shape index (κ3) is 3.61. The largest absolute Gasteiger partial charge is 0.492 e. The minimum Gasteiger partial charge on any atom is -0.492 e. The van der Waals surface area contributed by atoms with Crippen molar-refractivity contribution in [1.29, 1.82) is 0 Å². The summed E-state index contributed by atoms with van der Waals surface area (Å²) in [7, 11) is 7.39. The van der Waals surface area contributed by atoms with E-state index in [1.807, 2.05) is 0 Å². The molecule has 0 aliphatic heterocycles. The first-order valence-corrected chi connectivity index (χ1v) is 8.99. The van der Waals surface area contributed by atoms with Crippen LogP contribution in [0.5, 0.6) is 17.2 Å². The Morgan fingerprint density at radius 2 is 1.73 bits per heavy atom. The fourth-order valence-corrected chi connectivity index (χ4v) is 4.00. The van der Waals surface area contributed by atoms with Crippen molar-refractivity contribution >= 4 is 83.3 Å². The van der Waals surface area contributed by atoms with E-state index in [1.165, 1.54) is 7.11 Å². The molecule has 2 radical (unpaired) electrons. The fourth-order valence-electron chi connectivity index (χ4n) is 1.75. The van der Waals surface area contributed by atoms with Crippen LogP contribution in [0.4, 0.5) is 0 Å². The average Bonchev–Trinajstić information content (AvgIpc) is 2.44. The van der Waals surface area contributed by atoms with Crippen molar-refractivity contribution in [3.63, 3.8) is 0 Å². The summed E-state index contributed by atoms with van der Waals surface area (Å²) in [5.41, 5.74) is 0.896. The molecule has 2 aromatic rings. The van der Waals surface area contributed by atoms with Gasteiger partial charge in [-0.1, -0.05) is 21.4 Å². The zero-order valence-electron chi connectivity index (χ0n) is 11.1. The highest BCUT2D eigenvalue weighted by molar-refractivity contribution is 9.11. The van der Waals surface area contributed by atoms with Gasteiger partial charge in [-0.2, -0.15) is 0 Å². The number of hydrogen-bond donors (Lipinski definition) is 0. The van der Waals surface area contributed by atoms with Crippen LogP contribution in [0.15, 0.2) is 36.1 Å². The number of ether oxygens (including phenoxy) is 2. The lowest BCUT2D eigenvalue weighted by Gasteiger charge is -2.17. The second kappa shape index (κ2) is 7.51. The van der Waals surface area contributed by atoms with Gasteiger partial charge in [-0.3, -0.25) is 4.79 Å². The minimum absolute atomic E-state index is 0.381. The van der Waals surface area contributed by atoms with Crippen molar-refractivity contribution in [2.45, 2.75) is 0 Å². The fraction of sp³-hybridized carbons (Fsp3) is 0.0714. The van der Waals surface area contributed by atoms with Crippen molar-refractivity contribution in [3.8, 4) is 17.2 Å². The number of benzene rings is 2. The van der Waals surface area contributed by atoms with Gasteiger partial charge in [0.2, 0.25) is 0 Å². The maximum Gasteiger partial charge on any atom is 0.184 e. The first-order valence-electron chi connectivity index (χ1n) is 5.82. The Labute approximate surface area is 162 Å². The molecule has 2 aromatic carbocycles. The average molecular weight is 554 g/mol. The molecule has 0 aromatic heterocycles. The van der Waals surface area contributed by atoms with Gasteiger partial charge in [0.05, 0.1) is 21.6 Å². The summed E-state index contributed by atoms with van der Waals surface area (Å²) in [6.45, 7) is 0. The lowest BCUT2D eigenvalue weighted by molar-refractivity contribution is 0.112. The molecule has 8 heteroatoms. The van der Waals surface area contributed by atoms with E-state index in [1.54, 1.807) is 18.2 Å². The SMILES string of the molecule is [B]c1cc(Br)c(Oc2cc(Br)cc(Br)c2C=O)c(OC)c1Br. The van der Waals surface area contributed by atoms with Crippen LogP contribution in [0.3, 0.4) is 0 Å². The van der Waals surface area contributed by atoms with Gasteiger partial charge >= 0.3 is 0 Å². The molecule has 2 rings (SSSR count). The highest BCUT2D eigenvalue weighted by Crippen LogP contribution is 2.43. The van der Waals surface area contributed by atoms with Crippen molar-refractivity contribution in [1.82, 2.24) is 0 Å². The van der Waals surface area contributed by atoms with Crippen molar-refractivity contribution in [2.24, 2.45) is 0 Å². The summed E-state index contributed by atoms with van der Waals surface area (Å²) in [5.74, 6) is 1.23. The Bertz CT molecular complexity index is 750. The second-order valence-electron chi connectivity index (χ2n) is 4.14. The number of carbonyl (C=O) groups is 1. The molecule has 0 saturated carbocycles. The van der Waals surface area contributed by atoms with Crippen LogP contribution in [0.25, 0.3) is 0 Å². The van der Waals surface area contributed by atoms with Crippen LogP contribution in [0, 0.1) is 0 Å². The Hall–Kier alpha value is -0.305. The summed E-state index contributed by atoms with van der Waals surface area (Å²) < 4.78 is 13.8. The highest BCUT2D eigenvalue weighted by atomic mass is 79.9. The maximum atomic E-state index is 11.3. The number of rotatable bonds is 4. The third-order valence-corrected chi connectivity index (χ3v) is 5.27. The molecule has 0 unspecified atom stereocenters. The first-order chi connectivity index (χ1) is 10.4. The molecule has 3 nitrogen and oxygen atoms in total. The summed E-state index contributed by atoms with van der Waals surface area (Å²) in [5, 5.41) is 0. The van der Waals surface area contributed by atoms with Gasteiger partial charge in [-0.25, -0.2) is 0 Å². The monoisotopic (exact) mass is 550 g/mol. The molecule has 112 valence electrons. The van der Waals surface area contributed by atoms with E-state index in [9.17, 15) is 4.79 Å². The number of methoxy groups -OCH3 is 1. The quantitative estimate of drug-likeness (QED) is 0.389. The van der Waals surface area contributed by atoms with E-state index in [0.29, 0.717) is 41.7 Å². The normalized spacial score (nSPS) is 10.4. The molecule has 0 aliphatic carbocycles. The predicted octanol–water partition coefficient (Wildman–Crippen LogP) is 5.14. The van der Waals surface area contributed by atoms with E-state index in [-0.39, 0.29) is 0 Å². The molecule has 0 N–H and O–H groups in total. The van der Waals surface area contributed by atoms with Crippen LogP contribution in [0.2, 0.25) is 0 Å². The molecule has 0 saturated heterocycles. The first kappa shape index (κ1) is 18.0. The van der Waals surface area contributed by atoms with E-state index < -0.39 is 0 Å². The molecule has 0 atom stereocenters. The van der Waals surface area contributed by atoms with Gasteiger partial charge in [-0.05, 0) is 66.0 Å². The zero-order valence-corrected chi connectivity index (χ0v) is 17.5. The Balaban J connectivity index is 2.62. The van der Waals surface area contributed by atoms with E-state index >= 15 is 0 Å². The third-order valence-electron chi connectivity index (χ3n) is 2.75. The van der Waals surface area contributed by atoms with Crippen molar-refractivity contribution in [2.75, 3.05) is 7.11 Å². The van der Waals surface area contributed by atoms with Crippen LogP contribution >= 0.6 is 63.7 Å². The second-order valence-corrected chi connectivity index (χ2v) is 7.56. The maximum absolute atomic E-state index is 11.3. The molecule has 22 heavy (non-hydrogen) atoms. The summed E-state index contributed by atoms with van der Waals surface area (Å²) in [4.78, 5) is 11.3. The molecular formula is C14H7BBr4O3. The van der Waals surface area contributed by atoms with Crippen LogP contribution in [-0.2, 0) is 0 Å². The van der Waals surface area contributed by atoms with Gasteiger partial charge in [0.15, 0.2) is 17.8 Å². The number of aldehydes is 1. The highest BCUT2D eigenvalue weighted by Gasteiger charge is 2.19. The molecule has 0 bridgehead atoms. The van der Waals surface area contributed by atoms with E-state index in [4.69, 9.17) is 17.3 Å². The summed E-state index contributed by atoms with van der Waals surface area (Å²) in [6, 6.07) is 5.15. The molecule has 0 spiro atoms. The van der Waals surface area contributed by atoms with E-state index in [2.05, 4.69) is 63.7 Å². The van der Waals surface area contributed by atoms with Gasteiger partial charge in [0, 0.05) is 8.95 Å². The lowest BCUT2D eigenvalue weighted by atomic mass is 9.96. The molecule has 0 amide bonds. The summed E-state index contributed by atoms with van der Waals surface area (Å²) in [6.07, 6.45) is 0.721. The lowest BCUT2D eigenvalue weighted by Crippen LogP contribution is -2.08. The van der Waals surface area contributed by atoms with E-state index in [0.717, 1.165) is 10.8 Å². The topological polar surface area (TPSA) is 35.5 Å². The van der Waals surface area contributed by atoms with Crippen LogP contribution < -0.4 is 14.9 Å². The Morgan fingerprint density at radius 3 is 2.32 bits per heavy atom. The number of carbonyl (C=O) groups excluding carboxylic acids is 1. The number of hydrogen-bond acceptors (Lipinski definition) is 3.